The highest BCUT2D eigenvalue weighted by molar-refractivity contribution is 5.90. The SMILES string of the molecule is O=C(CCC1CCCC1)Nc1ncccc1O. The molecule has 1 amide bonds. The monoisotopic (exact) mass is 234 g/mol. The second-order valence-corrected chi connectivity index (χ2v) is 4.61. The van der Waals surface area contributed by atoms with Crippen LogP contribution in [0.4, 0.5) is 5.82 Å². The number of hydrogen-bond donors (Lipinski definition) is 2. The van der Waals surface area contributed by atoms with E-state index in [2.05, 4.69) is 10.3 Å². The second-order valence-electron chi connectivity index (χ2n) is 4.61. The van der Waals surface area contributed by atoms with Crippen LogP contribution in [0.2, 0.25) is 0 Å². The van der Waals surface area contributed by atoms with Gasteiger partial charge in [0.05, 0.1) is 0 Å². The zero-order valence-electron chi connectivity index (χ0n) is 9.85. The molecule has 17 heavy (non-hydrogen) atoms. The largest absolute Gasteiger partial charge is 0.504 e. The molecular weight excluding hydrogens is 216 g/mol. The van der Waals surface area contributed by atoms with Crippen LogP contribution in [-0.2, 0) is 4.79 Å². The Bertz CT molecular complexity index is 387. The summed E-state index contributed by atoms with van der Waals surface area (Å²) < 4.78 is 0. The Morgan fingerprint density at radius 3 is 2.94 bits per heavy atom. The van der Waals surface area contributed by atoms with Crippen LogP contribution < -0.4 is 5.32 Å². The molecule has 2 N–H and O–H groups in total. The van der Waals surface area contributed by atoms with Crippen molar-refractivity contribution in [3.05, 3.63) is 18.3 Å². The quantitative estimate of drug-likeness (QED) is 0.842. The number of pyridine rings is 1. The number of amides is 1. The van der Waals surface area contributed by atoms with Crippen molar-refractivity contribution in [2.24, 2.45) is 5.92 Å². The number of aromatic nitrogens is 1. The molecule has 0 saturated heterocycles. The van der Waals surface area contributed by atoms with Gasteiger partial charge in [-0.1, -0.05) is 25.7 Å². The van der Waals surface area contributed by atoms with Crippen LogP contribution in [0.5, 0.6) is 5.75 Å². The molecule has 0 atom stereocenters. The summed E-state index contributed by atoms with van der Waals surface area (Å²) in [6, 6.07) is 3.14. The van der Waals surface area contributed by atoms with Crippen molar-refractivity contribution in [3.8, 4) is 5.75 Å². The summed E-state index contributed by atoms with van der Waals surface area (Å²) in [5.41, 5.74) is 0. The first-order chi connectivity index (χ1) is 8.25. The summed E-state index contributed by atoms with van der Waals surface area (Å²) in [6.07, 6.45) is 8.11. The summed E-state index contributed by atoms with van der Waals surface area (Å²) in [5, 5.41) is 12.1. The van der Waals surface area contributed by atoms with Gasteiger partial charge in [-0.25, -0.2) is 4.98 Å². The fraction of sp³-hybridized carbons (Fsp3) is 0.538. The molecule has 1 aliphatic rings. The summed E-state index contributed by atoms with van der Waals surface area (Å²) in [7, 11) is 0. The molecule has 4 nitrogen and oxygen atoms in total. The molecule has 2 rings (SSSR count). The Hall–Kier alpha value is -1.58. The van der Waals surface area contributed by atoms with Gasteiger partial charge in [0, 0.05) is 12.6 Å². The van der Waals surface area contributed by atoms with Crippen molar-refractivity contribution in [1.82, 2.24) is 4.98 Å². The minimum Gasteiger partial charge on any atom is -0.504 e. The van der Waals surface area contributed by atoms with Gasteiger partial charge in [0.25, 0.3) is 0 Å². The van der Waals surface area contributed by atoms with Crippen LogP contribution in [0.25, 0.3) is 0 Å². The molecule has 1 saturated carbocycles. The van der Waals surface area contributed by atoms with E-state index in [1.165, 1.54) is 31.7 Å². The fourth-order valence-corrected chi connectivity index (χ4v) is 2.32. The normalized spacial score (nSPS) is 16.0. The number of hydrogen-bond acceptors (Lipinski definition) is 3. The number of nitrogens with zero attached hydrogens (tertiary/aromatic N) is 1. The second kappa shape index (κ2) is 5.66. The first kappa shape index (κ1) is 11.9. The van der Waals surface area contributed by atoms with Gasteiger partial charge in [0.15, 0.2) is 11.6 Å². The summed E-state index contributed by atoms with van der Waals surface area (Å²) >= 11 is 0. The zero-order chi connectivity index (χ0) is 12.1. The van der Waals surface area contributed by atoms with E-state index in [4.69, 9.17) is 0 Å². The van der Waals surface area contributed by atoms with E-state index < -0.39 is 0 Å². The van der Waals surface area contributed by atoms with Crippen molar-refractivity contribution in [2.75, 3.05) is 5.32 Å². The molecule has 0 aliphatic heterocycles. The van der Waals surface area contributed by atoms with Crippen LogP contribution in [0.3, 0.4) is 0 Å². The first-order valence-electron chi connectivity index (χ1n) is 6.19. The maximum absolute atomic E-state index is 11.7. The number of carbonyl (C=O) groups excluding carboxylic acids is 1. The summed E-state index contributed by atoms with van der Waals surface area (Å²) in [6.45, 7) is 0. The maximum Gasteiger partial charge on any atom is 0.225 e. The predicted octanol–water partition coefficient (Wildman–Crippen LogP) is 2.70. The van der Waals surface area contributed by atoms with Gasteiger partial charge >= 0.3 is 0 Å². The molecule has 1 fully saturated rings. The van der Waals surface area contributed by atoms with Crippen molar-refractivity contribution < 1.29 is 9.90 Å². The van der Waals surface area contributed by atoms with Crippen LogP contribution in [0.1, 0.15) is 38.5 Å². The molecule has 1 heterocycles. The van der Waals surface area contributed by atoms with E-state index in [1.807, 2.05) is 0 Å². The van der Waals surface area contributed by atoms with E-state index in [0.717, 1.165) is 6.42 Å². The van der Waals surface area contributed by atoms with E-state index in [0.29, 0.717) is 12.3 Å². The molecule has 0 bridgehead atoms. The van der Waals surface area contributed by atoms with Gasteiger partial charge in [-0.2, -0.15) is 0 Å². The summed E-state index contributed by atoms with van der Waals surface area (Å²) in [4.78, 5) is 15.6. The van der Waals surface area contributed by atoms with E-state index in [9.17, 15) is 9.90 Å². The topological polar surface area (TPSA) is 62.2 Å². The number of rotatable bonds is 4. The standard InChI is InChI=1S/C13H18N2O2/c16-11-6-3-9-14-13(11)15-12(17)8-7-10-4-1-2-5-10/h3,6,9-10,16H,1-2,4-5,7-8H2,(H,14,15,17). The third-order valence-corrected chi connectivity index (χ3v) is 3.30. The molecule has 92 valence electrons. The molecule has 0 radical (unpaired) electrons. The molecule has 0 unspecified atom stereocenters. The lowest BCUT2D eigenvalue weighted by Crippen LogP contribution is -2.13. The van der Waals surface area contributed by atoms with E-state index in [-0.39, 0.29) is 17.5 Å². The Morgan fingerprint density at radius 1 is 1.47 bits per heavy atom. The van der Waals surface area contributed by atoms with Gasteiger partial charge in [-0.15, -0.1) is 0 Å². The molecule has 0 spiro atoms. The van der Waals surface area contributed by atoms with Crippen LogP contribution in [-0.4, -0.2) is 16.0 Å². The highest BCUT2D eigenvalue weighted by atomic mass is 16.3. The van der Waals surface area contributed by atoms with Gasteiger partial charge in [-0.3, -0.25) is 4.79 Å². The zero-order valence-corrected chi connectivity index (χ0v) is 9.85. The highest BCUT2D eigenvalue weighted by Gasteiger charge is 2.16. The highest BCUT2D eigenvalue weighted by Crippen LogP contribution is 2.28. The summed E-state index contributed by atoms with van der Waals surface area (Å²) in [5.74, 6) is 0.912. The molecular formula is C13H18N2O2. The van der Waals surface area contributed by atoms with Gasteiger partial charge in [0.2, 0.25) is 5.91 Å². The van der Waals surface area contributed by atoms with Gasteiger partial charge in [0.1, 0.15) is 0 Å². The van der Waals surface area contributed by atoms with E-state index >= 15 is 0 Å². The minimum atomic E-state index is -0.0640. The number of carbonyl (C=O) groups is 1. The molecule has 1 aromatic heterocycles. The fourth-order valence-electron chi connectivity index (χ4n) is 2.32. The van der Waals surface area contributed by atoms with Crippen molar-refractivity contribution in [3.63, 3.8) is 0 Å². The average molecular weight is 234 g/mol. The van der Waals surface area contributed by atoms with Crippen LogP contribution in [0, 0.1) is 5.92 Å². The smallest absolute Gasteiger partial charge is 0.225 e. The lowest BCUT2D eigenvalue weighted by atomic mass is 10.0. The molecule has 0 aromatic carbocycles. The number of anilines is 1. The number of aromatic hydroxyl groups is 1. The molecule has 4 heteroatoms. The lowest BCUT2D eigenvalue weighted by Gasteiger charge is -2.09. The number of nitrogens with one attached hydrogen (secondary N) is 1. The first-order valence-corrected chi connectivity index (χ1v) is 6.19. The van der Waals surface area contributed by atoms with Gasteiger partial charge in [-0.05, 0) is 24.5 Å². The maximum atomic E-state index is 11.7. The Labute approximate surface area is 101 Å². The molecule has 1 aliphatic carbocycles. The van der Waals surface area contributed by atoms with Crippen LogP contribution in [0.15, 0.2) is 18.3 Å². The lowest BCUT2D eigenvalue weighted by molar-refractivity contribution is -0.116. The van der Waals surface area contributed by atoms with Crippen LogP contribution >= 0.6 is 0 Å². The van der Waals surface area contributed by atoms with E-state index in [1.54, 1.807) is 12.3 Å². The van der Waals surface area contributed by atoms with Crippen molar-refractivity contribution in [2.45, 2.75) is 38.5 Å². The average Bonchev–Trinajstić information content (AvgIpc) is 2.82. The van der Waals surface area contributed by atoms with Crippen molar-refractivity contribution >= 4 is 11.7 Å². The predicted molar refractivity (Wildman–Crippen MR) is 65.7 cm³/mol. The Balaban J connectivity index is 1.79. The van der Waals surface area contributed by atoms with Gasteiger partial charge < -0.3 is 10.4 Å². The minimum absolute atomic E-state index is 0.0155. The third-order valence-electron chi connectivity index (χ3n) is 3.30. The Morgan fingerprint density at radius 2 is 2.24 bits per heavy atom. The van der Waals surface area contributed by atoms with Crippen molar-refractivity contribution in [1.29, 1.82) is 0 Å². The Kier molecular flexibility index (Phi) is 3.96. The molecule has 1 aromatic rings. The third kappa shape index (κ3) is 3.44.